The molecule has 0 bridgehead atoms. The first-order chi connectivity index (χ1) is 21.7. The maximum absolute atomic E-state index is 13.3. The summed E-state index contributed by atoms with van der Waals surface area (Å²) in [6, 6.07) is -5.60. The van der Waals surface area contributed by atoms with Gasteiger partial charge in [0.2, 0.25) is 35.4 Å². The Morgan fingerprint density at radius 2 is 1.17 bits per heavy atom. The summed E-state index contributed by atoms with van der Waals surface area (Å²) in [5.74, 6) is -5.83. The minimum absolute atomic E-state index is 0.0135. The summed E-state index contributed by atoms with van der Waals surface area (Å²) < 4.78 is 0. The van der Waals surface area contributed by atoms with Crippen molar-refractivity contribution in [2.75, 3.05) is 19.8 Å². The van der Waals surface area contributed by atoms with Gasteiger partial charge in [0.25, 0.3) is 0 Å². The average Bonchev–Trinajstić information content (AvgIpc) is 2.99. The van der Waals surface area contributed by atoms with E-state index in [0.717, 1.165) is 6.42 Å². The fourth-order valence-corrected chi connectivity index (χ4v) is 4.36. The van der Waals surface area contributed by atoms with Crippen LogP contribution in [0.15, 0.2) is 0 Å². The summed E-state index contributed by atoms with van der Waals surface area (Å²) in [6.45, 7) is 4.29. The Balaban J connectivity index is 5.68. The minimum Gasteiger partial charge on any atom is -0.426 e. The predicted molar refractivity (Wildman–Crippen MR) is 169 cm³/mol. The van der Waals surface area contributed by atoms with Gasteiger partial charge in [-0.25, -0.2) is 0 Å². The van der Waals surface area contributed by atoms with Crippen LogP contribution in [0, 0.1) is 5.92 Å². The Labute approximate surface area is 270 Å². The van der Waals surface area contributed by atoms with Gasteiger partial charge in [-0.05, 0) is 44.6 Å². The van der Waals surface area contributed by atoms with Crippen LogP contribution in [0.1, 0.15) is 85.0 Å². The summed E-state index contributed by atoms with van der Waals surface area (Å²) >= 11 is 0. The van der Waals surface area contributed by atoms with E-state index in [9.17, 15) is 49.0 Å². The van der Waals surface area contributed by atoms with E-state index in [4.69, 9.17) is 11.5 Å². The van der Waals surface area contributed by atoms with Gasteiger partial charge in [0.05, 0.1) is 19.2 Å². The highest BCUT2D eigenvalue weighted by molar-refractivity contribution is 6.43. The van der Waals surface area contributed by atoms with Crippen LogP contribution in [0.5, 0.6) is 0 Å². The van der Waals surface area contributed by atoms with Crippen molar-refractivity contribution in [3.8, 4) is 0 Å². The van der Waals surface area contributed by atoms with Crippen molar-refractivity contribution in [3.63, 3.8) is 0 Å². The Morgan fingerprint density at radius 1 is 0.674 bits per heavy atom. The second kappa shape index (κ2) is 23.9. The molecular formula is C28H54BN7O10. The third kappa shape index (κ3) is 18.0. The molecule has 0 saturated carbocycles. The molecule has 46 heavy (non-hydrogen) atoms. The minimum atomic E-state index is -1.85. The second-order valence-corrected chi connectivity index (χ2v) is 11.6. The standard InChI is InChI=1S/C28H54BN7O10/c1-4-5-9-18(26(42)36-22(29(45)46)14-17(2)3)33-25(41)19(11-12-23(31)39)34-28(44)21(16-38)35-27(43)20(15-37)32-24(40)10-7-6-8-13-30/h17-22,37-38,45-46H,4-16,30H2,1-3H3,(H2,31,39)(H,32,40)(H,33,41)(H,34,44)(H,35,43)(H,36,42)/t18-,19-,20-,21-,22+/m0/s1. The molecule has 0 aromatic heterocycles. The van der Waals surface area contributed by atoms with Gasteiger partial charge in [-0.15, -0.1) is 0 Å². The third-order valence-corrected chi connectivity index (χ3v) is 6.96. The molecule has 0 saturated heterocycles. The molecule has 0 heterocycles. The highest BCUT2D eigenvalue weighted by atomic mass is 16.4. The fourth-order valence-electron chi connectivity index (χ4n) is 4.36. The van der Waals surface area contributed by atoms with Crippen molar-refractivity contribution in [2.24, 2.45) is 17.4 Å². The van der Waals surface area contributed by atoms with E-state index in [-0.39, 0.29) is 38.0 Å². The van der Waals surface area contributed by atoms with Gasteiger partial charge in [-0.1, -0.05) is 40.0 Å². The fraction of sp³-hybridized carbons (Fsp3) is 0.786. The van der Waals surface area contributed by atoms with Gasteiger partial charge >= 0.3 is 7.12 Å². The lowest BCUT2D eigenvalue weighted by Gasteiger charge is -2.27. The predicted octanol–water partition coefficient (Wildman–Crippen LogP) is -3.57. The molecule has 0 aliphatic heterocycles. The number of unbranched alkanes of at least 4 members (excludes halogenated alkanes) is 3. The molecule has 264 valence electrons. The van der Waals surface area contributed by atoms with Crippen molar-refractivity contribution in [1.82, 2.24) is 26.6 Å². The van der Waals surface area contributed by atoms with Crippen molar-refractivity contribution in [2.45, 2.75) is 115 Å². The monoisotopic (exact) mass is 659 g/mol. The van der Waals surface area contributed by atoms with Gasteiger partial charge in [0.15, 0.2) is 0 Å². The third-order valence-electron chi connectivity index (χ3n) is 6.96. The number of aliphatic hydroxyl groups is 2. The van der Waals surface area contributed by atoms with Crippen LogP contribution in [0.4, 0.5) is 0 Å². The van der Waals surface area contributed by atoms with Crippen LogP contribution in [-0.4, -0.2) is 113 Å². The number of hydrogen-bond donors (Lipinski definition) is 11. The van der Waals surface area contributed by atoms with Crippen LogP contribution in [0.25, 0.3) is 0 Å². The molecule has 0 fully saturated rings. The largest absolute Gasteiger partial charge is 0.475 e. The number of carbonyl (C=O) groups excluding carboxylic acids is 6. The first kappa shape index (κ1) is 42.7. The Hall–Kier alpha value is -3.32. The van der Waals surface area contributed by atoms with Crippen LogP contribution in [0.3, 0.4) is 0 Å². The molecular weight excluding hydrogens is 605 g/mol. The van der Waals surface area contributed by atoms with Crippen LogP contribution in [0.2, 0.25) is 0 Å². The molecule has 0 radical (unpaired) electrons. The number of hydrogen-bond acceptors (Lipinski definition) is 11. The average molecular weight is 660 g/mol. The normalized spacial score (nSPS) is 14.3. The molecule has 0 spiro atoms. The first-order valence-electron chi connectivity index (χ1n) is 15.8. The summed E-state index contributed by atoms with van der Waals surface area (Å²) in [6.07, 6.45) is 3.01. The molecule has 5 atom stereocenters. The SMILES string of the molecule is CCCC[C@H](NC(=O)[C@H](CCC(N)=O)NC(=O)[C@H](CO)NC(=O)[C@H](CO)NC(=O)CCCCCN)C(=O)N[C@H](CC(C)C)B(O)O. The summed E-state index contributed by atoms with van der Waals surface area (Å²) in [5.41, 5.74) is 10.7. The van der Waals surface area contributed by atoms with Crippen molar-refractivity contribution in [1.29, 1.82) is 0 Å². The van der Waals surface area contributed by atoms with E-state index in [1.807, 2.05) is 20.8 Å². The molecule has 17 nitrogen and oxygen atoms in total. The lowest BCUT2D eigenvalue weighted by molar-refractivity contribution is -0.136. The molecule has 0 aliphatic carbocycles. The van der Waals surface area contributed by atoms with E-state index >= 15 is 0 Å². The highest BCUT2D eigenvalue weighted by Gasteiger charge is 2.33. The number of rotatable bonds is 25. The quantitative estimate of drug-likeness (QED) is 0.0336. The number of nitrogens with one attached hydrogen (secondary N) is 5. The van der Waals surface area contributed by atoms with Gasteiger partial charge in [0.1, 0.15) is 24.2 Å². The second-order valence-electron chi connectivity index (χ2n) is 11.6. The van der Waals surface area contributed by atoms with E-state index in [1.165, 1.54) is 0 Å². The molecule has 0 aromatic rings. The lowest BCUT2D eigenvalue weighted by atomic mass is 9.75. The smallest absolute Gasteiger partial charge is 0.426 e. The van der Waals surface area contributed by atoms with E-state index < -0.39 is 85.9 Å². The summed E-state index contributed by atoms with van der Waals surface area (Å²) in [5, 5.41) is 50.9. The number of amides is 6. The van der Waals surface area contributed by atoms with Crippen LogP contribution in [-0.2, 0) is 28.8 Å². The molecule has 0 rings (SSSR count). The summed E-state index contributed by atoms with van der Waals surface area (Å²) in [7, 11) is -1.85. The van der Waals surface area contributed by atoms with Gasteiger partial charge in [-0.2, -0.15) is 0 Å². The number of carbonyl (C=O) groups is 6. The van der Waals surface area contributed by atoms with E-state index in [0.29, 0.717) is 32.2 Å². The molecule has 13 N–H and O–H groups in total. The number of nitrogens with two attached hydrogens (primary N) is 2. The van der Waals surface area contributed by atoms with Crippen molar-refractivity contribution >= 4 is 42.6 Å². The summed E-state index contributed by atoms with van der Waals surface area (Å²) in [4.78, 5) is 75.8. The van der Waals surface area contributed by atoms with Crippen LogP contribution >= 0.6 is 0 Å². The topological polar surface area (TPSA) is 296 Å². The van der Waals surface area contributed by atoms with E-state index in [2.05, 4.69) is 26.6 Å². The van der Waals surface area contributed by atoms with Crippen molar-refractivity contribution in [3.05, 3.63) is 0 Å². The first-order valence-corrected chi connectivity index (χ1v) is 15.8. The maximum Gasteiger partial charge on any atom is 0.475 e. The molecule has 0 unspecified atom stereocenters. The zero-order chi connectivity index (χ0) is 35.2. The maximum atomic E-state index is 13.3. The Morgan fingerprint density at radius 3 is 1.65 bits per heavy atom. The van der Waals surface area contributed by atoms with Gasteiger partial charge < -0.3 is 58.3 Å². The van der Waals surface area contributed by atoms with Crippen LogP contribution < -0.4 is 38.1 Å². The highest BCUT2D eigenvalue weighted by Crippen LogP contribution is 2.09. The Bertz CT molecular complexity index is 973. The molecule has 6 amide bonds. The molecule has 0 aliphatic rings. The number of aliphatic hydroxyl groups excluding tert-OH is 2. The Kier molecular flexibility index (Phi) is 22.2. The molecule has 0 aromatic carbocycles. The zero-order valence-electron chi connectivity index (χ0n) is 27.1. The number of primary amides is 1. The lowest BCUT2D eigenvalue weighted by Crippen LogP contribution is -2.60. The van der Waals surface area contributed by atoms with Crippen molar-refractivity contribution < 1.29 is 49.0 Å². The van der Waals surface area contributed by atoms with Gasteiger partial charge in [-0.3, -0.25) is 28.8 Å². The zero-order valence-corrected chi connectivity index (χ0v) is 27.1. The van der Waals surface area contributed by atoms with E-state index in [1.54, 1.807) is 0 Å². The molecule has 18 heteroatoms. The van der Waals surface area contributed by atoms with Gasteiger partial charge in [0, 0.05) is 12.8 Å².